The van der Waals surface area contributed by atoms with Crippen LogP contribution in [0.3, 0.4) is 0 Å². The zero-order valence-corrected chi connectivity index (χ0v) is 22.1. The highest BCUT2D eigenvalue weighted by Gasteiger charge is 2.72. The van der Waals surface area contributed by atoms with Crippen molar-refractivity contribution in [2.24, 2.45) is 0 Å². The first-order valence-corrected chi connectivity index (χ1v) is 13.0. The molecule has 1 fully saturated rings. The van der Waals surface area contributed by atoms with Gasteiger partial charge in [0, 0.05) is 5.41 Å². The minimum absolute atomic E-state index is 0.0431. The van der Waals surface area contributed by atoms with Gasteiger partial charge in [0.25, 0.3) is 0 Å². The lowest BCUT2D eigenvalue weighted by atomic mass is 9.73. The molecule has 222 valence electrons. The summed E-state index contributed by atoms with van der Waals surface area (Å²) < 4.78 is 81.6. The van der Waals surface area contributed by atoms with Crippen LogP contribution >= 0.6 is 0 Å². The van der Waals surface area contributed by atoms with Gasteiger partial charge in [-0.15, -0.1) is 0 Å². The van der Waals surface area contributed by atoms with Crippen molar-refractivity contribution in [3.05, 3.63) is 119 Å². The van der Waals surface area contributed by atoms with Crippen molar-refractivity contribution in [2.75, 3.05) is 0 Å². The van der Waals surface area contributed by atoms with E-state index in [0.717, 1.165) is 37.1 Å². The number of phenolic OH excluding ortho intramolecular Hbond substituents is 4. The summed E-state index contributed by atoms with van der Waals surface area (Å²) in [6.07, 6.45) is -6.69. The van der Waals surface area contributed by atoms with Crippen molar-refractivity contribution < 1.29 is 46.8 Å². The Balaban J connectivity index is 0.000000196. The van der Waals surface area contributed by atoms with Crippen molar-refractivity contribution in [3.8, 4) is 23.0 Å². The third-order valence-electron chi connectivity index (χ3n) is 7.75. The van der Waals surface area contributed by atoms with E-state index in [2.05, 4.69) is 0 Å². The molecule has 1 aliphatic carbocycles. The van der Waals surface area contributed by atoms with Gasteiger partial charge in [0.1, 0.15) is 23.0 Å². The number of rotatable bonds is 4. The maximum Gasteiger partial charge on any atom is 0.411 e. The topological polar surface area (TPSA) is 80.9 Å². The van der Waals surface area contributed by atoms with Gasteiger partial charge in [-0.25, -0.2) is 0 Å². The molecule has 0 unspecified atom stereocenters. The average Bonchev–Trinajstić information content (AvgIpc) is 3.42. The molecular formula is C32H28F6O4. The third-order valence-corrected chi connectivity index (χ3v) is 7.75. The average molecular weight is 591 g/mol. The van der Waals surface area contributed by atoms with Gasteiger partial charge in [-0.3, -0.25) is 0 Å². The first-order chi connectivity index (χ1) is 19.7. The number of benzene rings is 4. The van der Waals surface area contributed by atoms with Crippen molar-refractivity contribution in [1.29, 1.82) is 0 Å². The van der Waals surface area contributed by atoms with Gasteiger partial charge in [0.05, 0.1) is 0 Å². The van der Waals surface area contributed by atoms with Crippen molar-refractivity contribution >= 4 is 0 Å². The summed E-state index contributed by atoms with van der Waals surface area (Å²) in [5.74, 6) is -0.305. The number of phenols is 4. The molecule has 0 heterocycles. The number of hydrogen-bond acceptors (Lipinski definition) is 4. The number of halogens is 6. The van der Waals surface area contributed by atoms with E-state index in [-0.39, 0.29) is 5.41 Å². The van der Waals surface area contributed by atoms with E-state index in [1.54, 1.807) is 24.3 Å². The molecule has 0 bridgehead atoms. The van der Waals surface area contributed by atoms with Gasteiger partial charge in [-0.1, -0.05) is 61.4 Å². The van der Waals surface area contributed by atoms with Crippen molar-refractivity contribution in [1.82, 2.24) is 0 Å². The van der Waals surface area contributed by atoms with Crippen LogP contribution in [0.1, 0.15) is 47.9 Å². The van der Waals surface area contributed by atoms with E-state index in [1.165, 1.54) is 24.0 Å². The van der Waals surface area contributed by atoms with Crippen molar-refractivity contribution in [3.63, 3.8) is 0 Å². The maximum atomic E-state index is 13.6. The molecule has 0 atom stereocenters. The molecule has 5 rings (SSSR count). The zero-order valence-electron chi connectivity index (χ0n) is 22.1. The van der Waals surface area contributed by atoms with Crippen LogP contribution in [0, 0.1) is 0 Å². The fourth-order valence-electron chi connectivity index (χ4n) is 5.69. The number of alkyl halides is 6. The van der Waals surface area contributed by atoms with Crippen LogP contribution < -0.4 is 0 Å². The lowest BCUT2D eigenvalue weighted by Gasteiger charge is -2.38. The molecule has 0 spiro atoms. The molecule has 4 aromatic rings. The van der Waals surface area contributed by atoms with Crippen LogP contribution in [-0.2, 0) is 10.8 Å². The van der Waals surface area contributed by atoms with E-state index >= 15 is 0 Å². The molecular weight excluding hydrogens is 562 g/mol. The van der Waals surface area contributed by atoms with Crippen LogP contribution in [0.25, 0.3) is 0 Å². The predicted octanol–water partition coefficient (Wildman–Crippen LogP) is 8.47. The Hall–Kier alpha value is -4.34. The minimum Gasteiger partial charge on any atom is -0.508 e. The molecule has 4 aromatic carbocycles. The highest BCUT2D eigenvalue weighted by molar-refractivity contribution is 5.47. The number of aromatic hydroxyl groups is 4. The molecule has 4 nitrogen and oxygen atoms in total. The van der Waals surface area contributed by atoms with E-state index in [9.17, 15) is 36.6 Å². The fraction of sp³-hybridized carbons (Fsp3) is 0.250. The normalized spacial score (nSPS) is 15.1. The quantitative estimate of drug-likeness (QED) is 0.180. The molecule has 0 saturated heterocycles. The smallest absolute Gasteiger partial charge is 0.411 e. The van der Waals surface area contributed by atoms with Crippen LogP contribution in [0.4, 0.5) is 26.3 Å². The molecule has 0 aliphatic heterocycles. The summed E-state index contributed by atoms with van der Waals surface area (Å²) >= 11 is 0. The van der Waals surface area contributed by atoms with Crippen LogP contribution in [0.5, 0.6) is 23.0 Å². The molecule has 10 heteroatoms. The van der Waals surface area contributed by atoms with Crippen LogP contribution in [0.2, 0.25) is 0 Å². The van der Waals surface area contributed by atoms with Crippen LogP contribution in [0.15, 0.2) is 97.1 Å². The minimum atomic E-state index is -5.70. The Morgan fingerprint density at radius 2 is 0.690 bits per heavy atom. The largest absolute Gasteiger partial charge is 0.508 e. The fourth-order valence-corrected chi connectivity index (χ4v) is 5.69. The summed E-state index contributed by atoms with van der Waals surface area (Å²) in [5, 5.41) is 37.2. The lowest BCUT2D eigenvalue weighted by molar-refractivity contribution is -0.288. The van der Waals surface area contributed by atoms with Crippen LogP contribution in [-0.4, -0.2) is 32.8 Å². The Morgan fingerprint density at radius 3 is 0.952 bits per heavy atom. The number of hydrogen-bond donors (Lipinski definition) is 4. The second-order valence-corrected chi connectivity index (χ2v) is 10.2. The predicted molar refractivity (Wildman–Crippen MR) is 145 cm³/mol. The molecule has 0 aromatic heterocycles. The second-order valence-electron chi connectivity index (χ2n) is 10.2. The van der Waals surface area contributed by atoms with Gasteiger partial charge < -0.3 is 20.4 Å². The van der Waals surface area contributed by atoms with Gasteiger partial charge in [-0.2, -0.15) is 26.3 Å². The highest BCUT2D eigenvalue weighted by atomic mass is 19.4. The van der Waals surface area contributed by atoms with Crippen molar-refractivity contribution in [2.45, 2.75) is 48.9 Å². The molecule has 1 saturated carbocycles. The lowest BCUT2D eigenvalue weighted by Crippen LogP contribution is -2.54. The Kier molecular flexibility index (Phi) is 8.39. The van der Waals surface area contributed by atoms with Gasteiger partial charge in [0.2, 0.25) is 5.41 Å². The van der Waals surface area contributed by atoms with E-state index in [1.807, 2.05) is 24.3 Å². The van der Waals surface area contributed by atoms with E-state index in [0.29, 0.717) is 35.8 Å². The van der Waals surface area contributed by atoms with Gasteiger partial charge >= 0.3 is 12.4 Å². The first kappa shape index (κ1) is 30.6. The zero-order chi connectivity index (χ0) is 30.8. The highest BCUT2D eigenvalue weighted by Crippen LogP contribution is 2.56. The van der Waals surface area contributed by atoms with Gasteiger partial charge in [-0.05, 0) is 83.6 Å². The molecule has 42 heavy (non-hydrogen) atoms. The Labute approximate surface area is 238 Å². The maximum absolute atomic E-state index is 13.6. The first-order valence-electron chi connectivity index (χ1n) is 13.0. The molecule has 4 N–H and O–H groups in total. The SMILES string of the molecule is Oc1ccc(C(c2ccc(O)cc2)(C(F)(F)F)C(F)(F)F)cc1.Oc1ccc(C2(c3ccc(O)cc3)CCCC2)cc1. The van der Waals surface area contributed by atoms with E-state index in [4.69, 9.17) is 10.2 Å². The molecule has 0 amide bonds. The monoisotopic (exact) mass is 590 g/mol. The Morgan fingerprint density at radius 1 is 0.429 bits per heavy atom. The summed E-state index contributed by atoms with van der Waals surface area (Å²) in [6, 6.07) is 20.4. The molecule has 0 radical (unpaired) electrons. The summed E-state index contributed by atoms with van der Waals surface area (Å²) in [5.41, 5.74) is -3.88. The molecule has 1 aliphatic rings. The Bertz CT molecular complexity index is 1350. The summed E-state index contributed by atoms with van der Waals surface area (Å²) in [6.45, 7) is 0. The second kappa shape index (κ2) is 11.5. The third kappa shape index (κ3) is 5.70. The summed E-state index contributed by atoms with van der Waals surface area (Å²) in [4.78, 5) is 0. The standard InChI is InChI=1S/C17H18O2.C15H10F6O2/c18-15-7-3-13(4-8-15)17(11-1-2-12-17)14-5-9-16(19)10-6-14;16-14(17,18)13(15(19,20)21,9-1-5-11(22)6-2-9)10-3-7-12(23)8-4-10/h3-10,18-19H,1-2,11-12H2;1-8,22-23H. The van der Waals surface area contributed by atoms with Gasteiger partial charge in [0.15, 0.2) is 0 Å². The van der Waals surface area contributed by atoms with E-state index < -0.39 is 40.4 Å². The summed E-state index contributed by atoms with van der Waals surface area (Å²) in [7, 11) is 0.